The van der Waals surface area contributed by atoms with Crippen molar-refractivity contribution in [3.63, 3.8) is 0 Å². The standard InChI is InChI=1S/C8H20N2S2.2C7H7N2O.Mo/c1-9(5-7-11)3-4-10(2)6-8-12;2*1-10-7-4-2-6(9-8)3-5-7;/h11-12H,3-8H2,1-2H3;2*2-5H,1H3;/q;2*-1;/p-2. The Morgan fingerprint density at radius 3 is 1.18 bits per heavy atom. The molecule has 0 aliphatic carbocycles. The molecule has 0 saturated heterocycles. The molecule has 0 radical (unpaired) electrons. The minimum absolute atomic E-state index is 0. The molecule has 0 heterocycles. The number of likely N-dealkylation sites (N-methyl/N-ethyl adjacent to an activating group) is 2. The van der Waals surface area contributed by atoms with Crippen molar-refractivity contribution in [3.05, 3.63) is 59.6 Å². The van der Waals surface area contributed by atoms with E-state index in [0.717, 1.165) is 49.2 Å². The summed E-state index contributed by atoms with van der Waals surface area (Å²) < 4.78 is 9.78. The number of methoxy groups -OCH3 is 2. The average Bonchev–Trinajstić information content (AvgIpc) is 2.84. The van der Waals surface area contributed by atoms with Crippen molar-refractivity contribution in [2.24, 2.45) is 10.2 Å². The van der Waals surface area contributed by atoms with Gasteiger partial charge in [0, 0.05) is 45.5 Å². The monoisotopic (exact) mass is 574 g/mol. The van der Waals surface area contributed by atoms with E-state index in [1.165, 1.54) is 0 Å². The molecule has 0 atom stereocenters. The molecule has 11 heteroatoms. The zero-order valence-electron chi connectivity index (χ0n) is 19.6. The fourth-order valence-electron chi connectivity index (χ4n) is 2.17. The summed E-state index contributed by atoms with van der Waals surface area (Å²) in [4.78, 5) is 4.51. The van der Waals surface area contributed by atoms with Crippen LogP contribution in [0.5, 0.6) is 11.5 Å². The van der Waals surface area contributed by atoms with Crippen LogP contribution < -0.4 is 9.47 Å². The molecule has 2 aromatic carbocycles. The fourth-order valence-corrected chi connectivity index (χ4v) is 2.80. The maximum absolute atomic E-state index is 8.29. The molecular weight excluding hydrogens is 540 g/mol. The van der Waals surface area contributed by atoms with Crippen LogP contribution in [0.15, 0.2) is 58.8 Å². The molecule has 8 nitrogen and oxygen atoms in total. The average molecular weight is 573 g/mol. The van der Waals surface area contributed by atoms with Crippen LogP contribution >= 0.6 is 0 Å². The molecule has 0 aromatic heterocycles. The van der Waals surface area contributed by atoms with E-state index in [4.69, 9.17) is 45.8 Å². The molecule has 2 rings (SSSR count). The SMILES string of the molecule is CN(CC[S-])CCN(C)CC[S-].COc1ccc(N=[N-])cc1.COc1ccc(N=[N-])cc1.[Mo]. The first-order valence-corrected chi connectivity index (χ1v) is 11.1. The Morgan fingerprint density at radius 1 is 0.667 bits per heavy atom. The van der Waals surface area contributed by atoms with Gasteiger partial charge in [0.2, 0.25) is 0 Å². The molecule has 33 heavy (non-hydrogen) atoms. The summed E-state index contributed by atoms with van der Waals surface area (Å²) in [5, 5.41) is 5.98. The molecule has 0 aliphatic heterocycles. The van der Waals surface area contributed by atoms with E-state index in [2.05, 4.69) is 34.1 Å². The molecule has 2 aromatic rings. The summed E-state index contributed by atoms with van der Waals surface area (Å²) in [6.07, 6.45) is 0. The number of nitrogens with zero attached hydrogens (tertiary/aromatic N) is 6. The first kappa shape index (κ1) is 33.7. The van der Waals surface area contributed by atoms with Gasteiger partial charge in [-0.25, -0.2) is 0 Å². The molecule has 0 bridgehead atoms. The summed E-state index contributed by atoms with van der Waals surface area (Å²) in [6, 6.07) is 13.6. The van der Waals surface area contributed by atoms with Gasteiger partial charge in [0.15, 0.2) is 0 Å². The predicted molar refractivity (Wildman–Crippen MR) is 136 cm³/mol. The summed E-state index contributed by atoms with van der Waals surface area (Å²) in [5.41, 5.74) is 17.6. The zero-order chi connectivity index (χ0) is 24.2. The number of rotatable bonds is 11. The van der Waals surface area contributed by atoms with Crippen LogP contribution in [0.2, 0.25) is 0 Å². The molecule has 0 saturated carbocycles. The van der Waals surface area contributed by atoms with Gasteiger partial charge in [-0.05, 0) is 75.7 Å². The van der Waals surface area contributed by atoms with Gasteiger partial charge in [-0.1, -0.05) is 0 Å². The first-order chi connectivity index (χ1) is 15.4. The van der Waals surface area contributed by atoms with Crippen molar-refractivity contribution < 1.29 is 30.5 Å². The molecule has 0 unspecified atom stereocenters. The summed E-state index contributed by atoms with van der Waals surface area (Å²) in [7, 11) is 7.39. The van der Waals surface area contributed by atoms with Crippen LogP contribution in [0.4, 0.5) is 11.4 Å². The molecular formula is C22H32MoN6O2S2-4. The van der Waals surface area contributed by atoms with Crippen molar-refractivity contribution >= 4 is 36.6 Å². The number of hydrogen-bond donors (Lipinski definition) is 0. The molecule has 0 aliphatic rings. The van der Waals surface area contributed by atoms with E-state index in [1.807, 2.05) is 0 Å². The van der Waals surface area contributed by atoms with Gasteiger partial charge in [0.05, 0.1) is 14.2 Å². The third kappa shape index (κ3) is 17.7. The molecule has 0 N–H and O–H groups in total. The van der Waals surface area contributed by atoms with Gasteiger partial charge >= 0.3 is 0 Å². The molecule has 0 spiro atoms. The van der Waals surface area contributed by atoms with Crippen molar-refractivity contribution in [1.29, 1.82) is 0 Å². The zero-order valence-corrected chi connectivity index (χ0v) is 23.2. The second kappa shape index (κ2) is 22.3. The van der Waals surface area contributed by atoms with Crippen molar-refractivity contribution in [2.45, 2.75) is 0 Å². The third-order valence-corrected chi connectivity index (χ3v) is 4.55. The van der Waals surface area contributed by atoms with E-state index >= 15 is 0 Å². The van der Waals surface area contributed by atoms with Gasteiger partial charge in [-0.2, -0.15) is 11.5 Å². The Bertz CT molecular complexity index is 675. The number of benzene rings is 2. The Hall–Kier alpha value is -1.45. The Labute approximate surface area is 223 Å². The van der Waals surface area contributed by atoms with Gasteiger partial charge < -0.3 is 65.8 Å². The van der Waals surface area contributed by atoms with Crippen LogP contribution in [0.25, 0.3) is 11.1 Å². The van der Waals surface area contributed by atoms with Gasteiger partial charge in [-0.3, -0.25) is 0 Å². The van der Waals surface area contributed by atoms with Crippen molar-refractivity contribution in [1.82, 2.24) is 9.80 Å². The quantitative estimate of drug-likeness (QED) is 0.221. The Balaban J connectivity index is 0. The van der Waals surface area contributed by atoms with Crippen LogP contribution in [0.3, 0.4) is 0 Å². The normalized spacial score (nSPS) is 9.58. The predicted octanol–water partition coefficient (Wildman–Crippen LogP) is 4.64. The maximum atomic E-state index is 8.29. The van der Waals surface area contributed by atoms with Crippen molar-refractivity contribution in [2.75, 3.05) is 66.0 Å². The van der Waals surface area contributed by atoms with Gasteiger partial charge in [0.1, 0.15) is 11.5 Å². The summed E-state index contributed by atoms with van der Waals surface area (Å²) >= 11 is 9.77. The summed E-state index contributed by atoms with van der Waals surface area (Å²) in [5.74, 6) is 3.16. The van der Waals surface area contributed by atoms with Crippen LogP contribution in [0.1, 0.15) is 0 Å². The third-order valence-electron chi connectivity index (χ3n) is 4.19. The van der Waals surface area contributed by atoms with Crippen molar-refractivity contribution in [3.8, 4) is 11.5 Å². The van der Waals surface area contributed by atoms with E-state index in [1.54, 1.807) is 62.8 Å². The van der Waals surface area contributed by atoms with E-state index in [9.17, 15) is 0 Å². The van der Waals surface area contributed by atoms with Crippen LogP contribution in [-0.2, 0) is 46.3 Å². The van der Waals surface area contributed by atoms with E-state index in [-0.39, 0.29) is 21.1 Å². The molecule has 184 valence electrons. The number of ether oxygens (including phenoxy) is 2. The Morgan fingerprint density at radius 2 is 0.970 bits per heavy atom. The largest absolute Gasteiger partial charge is 0.791 e. The molecule has 0 amide bonds. The fraction of sp³-hybridized carbons (Fsp3) is 0.455. The second-order valence-corrected chi connectivity index (χ2v) is 7.43. The first-order valence-electron chi connectivity index (χ1n) is 9.95. The van der Waals surface area contributed by atoms with Gasteiger partial charge in [-0.15, -0.1) is 0 Å². The van der Waals surface area contributed by atoms with Crippen LogP contribution in [0, 0.1) is 0 Å². The van der Waals surface area contributed by atoms with Crippen LogP contribution in [-0.4, -0.2) is 75.8 Å². The minimum atomic E-state index is 0. The molecule has 0 fully saturated rings. The van der Waals surface area contributed by atoms with E-state index in [0.29, 0.717) is 11.4 Å². The maximum Gasteiger partial charge on any atom is 0.119 e. The topological polar surface area (TPSA) is 94.3 Å². The summed E-state index contributed by atoms with van der Waals surface area (Å²) in [6.45, 7) is 4.19. The minimum Gasteiger partial charge on any atom is -0.791 e. The Kier molecular flexibility index (Phi) is 22.8. The van der Waals surface area contributed by atoms with E-state index < -0.39 is 0 Å². The number of hydrogen-bond acceptors (Lipinski definition) is 8. The second-order valence-electron chi connectivity index (χ2n) is 6.61. The smallest absolute Gasteiger partial charge is 0.119 e. The van der Waals surface area contributed by atoms with Gasteiger partial charge in [0.25, 0.3) is 0 Å².